The molecule has 0 aliphatic heterocycles. The molecular formula is C6H10N2O. The van der Waals surface area contributed by atoms with Gasteiger partial charge in [0, 0.05) is 20.0 Å². The highest BCUT2D eigenvalue weighted by Gasteiger charge is 1.88. The van der Waals surface area contributed by atoms with Crippen LogP contribution >= 0.6 is 0 Å². The van der Waals surface area contributed by atoms with Gasteiger partial charge in [-0.3, -0.25) is 5.41 Å². The van der Waals surface area contributed by atoms with Crippen molar-refractivity contribution in [3.05, 3.63) is 12.8 Å². The summed E-state index contributed by atoms with van der Waals surface area (Å²) >= 11 is 0. The Balaban J connectivity index is 3.75. The van der Waals surface area contributed by atoms with E-state index in [1.807, 2.05) is 0 Å². The summed E-state index contributed by atoms with van der Waals surface area (Å²) in [5.41, 5.74) is 0. The predicted molar refractivity (Wildman–Crippen MR) is 37.8 cm³/mol. The summed E-state index contributed by atoms with van der Waals surface area (Å²) in [6.07, 6.45) is 1.37. The molecule has 0 rings (SSSR count). The first-order chi connectivity index (χ1) is 4.16. The molecular weight excluding hydrogens is 116 g/mol. The van der Waals surface area contributed by atoms with Crippen molar-refractivity contribution in [2.24, 2.45) is 4.99 Å². The van der Waals surface area contributed by atoms with Gasteiger partial charge >= 0.3 is 0 Å². The topological polar surface area (TPSA) is 45.4 Å². The van der Waals surface area contributed by atoms with Crippen LogP contribution in [0.2, 0.25) is 0 Å². The highest BCUT2D eigenvalue weighted by Crippen LogP contribution is 1.82. The molecule has 0 unspecified atom stereocenters. The maximum absolute atomic E-state index is 6.87. The molecule has 1 N–H and O–H groups in total. The van der Waals surface area contributed by atoms with Gasteiger partial charge in [0.2, 0.25) is 0 Å². The molecule has 0 heterocycles. The number of rotatable bonds is 1. The maximum atomic E-state index is 6.87. The Morgan fingerprint density at radius 3 is 2.56 bits per heavy atom. The van der Waals surface area contributed by atoms with Gasteiger partial charge in [0.25, 0.3) is 0 Å². The van der Waals surface area contributed by atoms with Crippen LogP contribution in [0.3, 0.4) is 0 Å². The summed E-state index contributed by atoms with van der Waals surface area (Å²) in [6, 6.07) is 0. The van der Waals surface area contributed by atoms with Crippen LogP contribution in [0.4, 0.5) is 0 Å². The van der Waals surface area contributed by atoms with Crippen molar-refractivity contribution in [2.45, 2.75) is 13.8 Å². The van der Waals surface area contributed by atoms with Crippen LogP contribution in [0.1, 0.15) is 13.8 Å². The van der Waals surface area contributed by atoms with Crippen molar-refractivity contribution >= 4 is 11.8 Å². The molecule has 9 heavy (non-hydrogen) atoms. The first kappa shape index (κ1) is 7.88. The first-order valence-corrected chi connectivity index (χ1v) is 2.55. The number of aliphatic imine (C=N–C) groups is 1. The van der Waals surface area contributed by atoms with E-state index in [4.69, 9.17) is 10.1 Å². The first-order valence-electron chi connectivity index (χ1n) is 2.55. The van der Waals surface area contributed by atoms with Gasteiger partial charge in [-0.15, -0.1) is 0 Å². The molecule has 0 aromatic carbocycles. The maximum Gasteiger partial charge on any atom is 0.193 e. The quantitative estimate of drug-likeness (QED) is 0.420. The minimum Gasteiger partial charge on any atom is -0.430 e. The van der Waals surface area contributed by atoms with Gasteiger partial charge in [-0.25, -0.2) is 4.99 Å². The number of ether oxygens (including phenoxy) is 1. The molecule has 0 atom stereocenters. The van der Waals surface area contributed by atoms with E-state index >= 15 is 0 Å². The summed E-state index contributed by atoms with van der Waals surface area (Å²) in [6.45, 7) is 6.58. The molecule has 0 saturated carbocycles. The van der Waals surface area contributed by atoms with Gasteiger partial charge in [0.05, 0.1) is 0 Å². The zero-order chi connectivity index (χ0) is 7.28. The Labute approximate surface area is 54.6 Å². The van der Waals surface area contributed by atoms with Crippen molar-refractivity contribution in [2.75, 3.05) is 0 Å². The van der Waals surface area contributed by atoms with E-state index in [1.165, 1.54) is 6.20 Å². The van der Waals surface area contributed by atoms with Crippen LogP contribution < -0.4 is 0 Å². The number of hydrogen-bond acceptors (Lipinski definition) is 3. The molecule has 50 valence electrons. The third-order valence-corrected chi connectivity index (χ3v) is 0.574. The summed E-state index contributed by atoms with van der Waals surface area (Å²) in [5, 5.41) is 6.87. The average Bonchev–Trinajstić information content (AvgIpc) is 1.63. The fourth-order valence-corrected chi connectivity index (χ4v) is 0.376. The third kappa shape index (κ3) is 4.74. The largest absolute Gasteiger partial charge is 0.430 e. The summed E-state index contributed by atoms with van der Waals surface area (Å²) in [4.78, 5) is 3.68. The summed E-state index contributed by atoms with van der Waals surface area (Å²) in [7, 11) is 0. The minimum atomic E-state index is 0.137. The van der Waals surface area contributed by atoms with Crippen LogP contribution in [-0.2, 0) is 4.74 Å². The molecule has 0 aromatic heterocycles. The van der Waals surface area contributed by atoms with Gasteiger partial charge in [-0.05, 0) is 0 Å². The van der Waals surface area contributed by atoms with Crippen LogP contribution in [0.25, 0.3) is 0 Å². The molecule has 0 radical (unpaired) electrons. The molecule has 0 saturated heterocycles. The van der Waals surface area contributed by atoms with Crippen LogP contribution in [-0.4, -0.2) is 11.8 Å². The molecule has 0 bridgehead atoms. The van der Waals surface area contributed by atoms with Crippen LogP contribution in [0.15, 0.2) is 17.8 Å². The molecule has 0 amide bonds. The van der Waals surface area contributed by atoms with E-state index in [1.54, 1.807) is 13.8 Å². The van der Waals surface area contributed by atoms with Crippen LogP contribution in [0.5, 0.6) is 0 Å². The van der Waals surface area contributed by atoms with E-state index < -0.39 is 0 Å². The third-order valence-electron chi connectivity index (χ3n) is 0.574. The fraction of sp³-hybridized carbons (Fsp3) is 0.333. The van der Waals surface area contributed by atoms with Gasteiger partial charge in [0.15, 0.2) is 11.8 Å². The Morgan fingerprint density at radius 1 is 1.67 bits per heavy atom. The zero-order valence-corrected chi connectivity index (χ0v) is 5.64. The van der Waals surface area contributed by atoms with Crippen molar-refractivity contribution in [1.82, 2.24) is 0 Å². The van der Waals surface area contributed by atoms with E-state index in [-0.39, 0.29) is 5.90 Å². The molecule has 0 fully saturated rings. The highest BCUT2D eigenvalue weighted by atomic mass is 16.5. The summed E-state index contributed by atoms with van der Waals surface area (Å²) in [5.74, 6) is 0.579. The lowest BCUT2D eigenvalue weighted by Gasteiger charge is -1.97. The highest BCUT2D eigenvalue weighted by molar-refractivity contribution is 5.87. The van der Waals surface area contributed by atoms with E-state index in [0.29, 0.717) is 5.90 Å². The van der Waals surface area contributed by atoms with Crippen LogP contribution in [0, 0.1) is 5.41 Å². The SMILES string of the molecule is C=CN=C(C)OC(C)=N. The Bertz CT molecular complexity index is 149. The normalized spacial score (nSPS) is 10.7. The smallest absolute Gasteiger partial charge is 0.193 e. The minimum absolute atomic E-state index is 0.137. The van der Waals surface area contributed by atoms with Crippen molar-refractivity contribution in [1.29, 1.82) is 5.41 Å². The lowest BCUT2D eigenvalue weighted by Crippen LogP contribution is -2.03. The van der Waals surface area contributed by atoms with Gasteiger partial charge in [0.1, 0.15) is 0 Å². The zero-order valence-electron chi connectivity index (χ0n) is 5.64. The van der Waals surface area contributed by atoms with Gasteiger partial charge < -0.3 is 4.74 Å². The standard InChI is InChI=1S/C6H10N2O/c1-4-8-6(3)9-5(2)7/h4,7H,1H2,2-3H3. The number of nitrogens with zero attached hydrogens (tertiary/aromatic N) is 1. The summed E-state index contributed by atoms with van der Waals surface area (Å²) < 4.78 is 4.75. The van der Waals surface area contributed by atoms with E-state index in [0.717, 1.165) is 0 Å². The van der Waals surface area contributed by atoms with Crippen molar-refractivity contribution in [3.8, 4) is 0 Å². The van der Waals surface area contributed by atoms with E-state index in [9.17, 15) is 0 Å². The molecule has 0 aliphatic carbocycles. The van der Waals surface area contributed by atoms with Gasteiger partial charge in [-0.2, -0.15) is 0 Å². The second-order valence-corrected chi connectivity index (χ2v) is 1.49. The number of nitrogens with one attached hydrogen (secondary N) is 1. The number of hydrogen-bond donors (Lipinski definition) is 1. The average molecular weight is 126 g/mol. The molecule has 0 aromatic rings. The molecule has 3 heteroatoms. The Kier molecular flexibility index (Phi) is 3.35. The molecule has 0 aliphatic rings. The van der Waals surface area contributed by atoms with Crippen molar-refractivity contribution in [3.63, 3.8) is 0 Å². The second kappa shape index (κ2) is 3.83. The Morgan fingerprint density at radius 2 is 2.22 bits per heavy atom. The van der Waals surface area contributed by atoms with Gasteiger partial charge in [-0.1, -0.05) is 6.58 Å². The molecule has 3 nitrogen and oxygen atoms in total. The monoisotopic (exact) mass is 126 g/mol. The predicted octanol–water partition coefficient (Wildman–Crippen LogP) is 1.56. The fourth-order valence-electron chi connectivity index (χ4n) is 0.376. The Hall–Kier alpha value is -1.12. The lowest BCUT2D eigenvalue weighted by molar-refractivity contribution is 0.531. The lowest BCUT2D eigenvalue weighted by atomic mass is 10.7. The molecule has 0 spiro atoms. The van der Waals surface area contributed by atoms with Crippen molar-refractivity contribution < 1.29 is 4.74 Å². The second-order valence-electron chi connectivity index (χ2n) is 1.49. The van der Waals surface area contributed by atoms with E-state index in [2.05, 4.69) is 11.6 Å².